The maximum absolute atomic E-state index is 11.9. The van der Waals surface area contributed by atoms with E-state index in [0.29, 0.717) is 28.7 Å². The van der Waals surface area contributed by atoms with Gasteiger partial charge in [0.1, 0.15) is 5.75 Å². The lowest BCUT2D eigenvalue weighted by atomic mass is 10.2. The summed E-state index contributed by atoms with van der Waals surface area (Å²) < 4.78 is 15.8. The lowest BCUT2D eigenvalue weighted by molar-refractivity contribution is -0.119. The van der Waals surface area contributed by atoms with Crippen LogP contribution in [0.2, 0.25) is 5.02 Å². The van der Waals surface area contributed by atoms with Gasteiger partial charge in [0, 0.05) is 5.69 Å². The summed E-state index contributed by atoms with van der Waals surface area (Å²) >= 11 is 6.20. The van der Waals surface area contributed by atoms with Crippen molar-refractivity contribution in [1.82, 2.24) is 5.43 Å². The number of ether oxygens (including phenoxy) is 3. The van der Waals surface area contributed by atoms with E-state index in [1.807, 2.05) is 19.1 Å². The molecule has 0 aliphatic rings. The molecule has 2 aromatic rings. The number of benzene rings is 2. The molecule has 0 heterocycles. The molecule has 0 spiro atoms. The number of rotatable bonds is 9. The van der Waals surface area contributed by atoms with Crippen molar-refractivity contribution in [3.8, 4) is 17.2 Å². The minimum atomic E-state index is -0.286. The van der Waals surface area contributed by atoms with Crippen LogP contribution in [0.15, 0.2) is 41.5 Å². The van der Waals surface area contributed by atoms with Crippen molar-refractivity contribution in [2.24, 2.45) is 5.10 Å². The van der Waals surface area contributed by atoms with Gasteiger partial charge in [0.15, 0.2) is 11.5 Å². The first-order valence-electron chi connectivity index (χ1n) is 8.27. The molecule has 0 unspecified atom stereocenters. The summed E-state index contributed by atoms with van der Waals surface area (Å²) in [5.41, 5.74) is 3.92. The van der Waals surface area contributed by atoms with Gasteiger partial charge in [-0.1, -0.05) is 11.6 Å². The van der Waals surface area contributed by atoms with E-state index in [4.69, 9.17) is 25.8 Å². The second-order valence-corrected chi connectivity index (χ2v) is 5.75. The zero-order valence-electron chi connectivity index (χ0n) is 15.4. The summed E-state index contributed by atoms with van der Waals surface area (Å²) in [6, 6.07) is 10.7. The number of carbonyl (C=O) groups excluding carboxylic acids is 1. The zero-order chi connectivity index (χ0) is 19.6. The SMILES string of the molecule is CCOc1c(Cl)cc(/C=N\NC(=O)CNc2ccc(OC)cc2)cc1OC. The number of hydrazone groups is 1. The Morgan fingerprint density at radius 2 is 1.93 bits per heavy atom. The molecule has 2 rings (SSSR count). The van der Waals surface area contributed by atoms with E-state index in [2.05, 4.69) is 15.8 Å². The van der Waals surface area contributed by atoms with E-state index < -0.39 is 0 Å². The van der Waals surface area contributed by atoms with Crippen LogP contribution < -0.4 is 25.0 Å². The van der Waals surface area contributed by atoms with Gasteiger partial charge in [0.05, 0.1) is 38.6 Å². The first-order chi connectivity index (χ1) is 13.1. The van der Waals surface area contributed by atoms with Crippen molar-refractivity contribution in [2.45, 2.75) is 6.92 Å². The van der Waals surface area contributed by atoms with Crippen molar-refractivity contribution in [3.05, 3.63) is 47.0 Å². The van der Waals surface area contributed by atoms with Crippen molar-refractivity contribution >= 4 is 29.4 Å². The fourth-order valence-electron chi connectivity index (χ4n) is 2.21. The third kappa shape index (κ3) is 6.07. The van der Waals surface area contributed by atoms with E-state index in [1.165, 1.54) is 13.3 Å². The molecule has 0 aromatic heterocycles. The number of nitrogens with zero attached hydrogens (tertiary/aromatic N) is 1. The van der Waals surface area contributed by atoms with Gasteiger partial charge in [-0.25, -0.2) is 5.43 Å². The second-order valence-electron chi connectivity index (χ2n) is 5.34. The Morgan fingerprint density at radius 3 is 2.56 bits per heavy atom. The summed E-state index contributed by atoms with van der Waals surface area (Å²) in [7, 11) is 3.13. The molecule has 0 saturated carbocycles. The van der Waals surface area contributed by atoms with Crippen LogP contribution in [-0.2, 0) is 4.79 Å². The molecule has 0 fully saturated rings. The number of carbonyl (C=O) groups is 1. The van der Waals surface area contributed by atoms with Crippen molar-refractivity contribution in [3.63, 3.8) is 0 Å². The second kappa shape index (κ2) is 10.3. The van der Waals surface area contributed by atoms with Crippen LogP contribution in [0.3, 0.4) is 0 Å². The third-order valence-electron chi connectivity index (χ3n) is 3.49. The van der Waals surface area contributed by atoms with Gasteiger partial charge in [-0.3, -0.25) is 4.79 Å². The molecule has 144 valence electrons. The van der Waals surface area contributed by atoms with Crippen LogP contribution in [0.25, 0.3) is 0 Å². The number of methoxy groups -OCH3 is 2. The Hall–Kier alpha value is -2.93. The van der Waals surface area contributed by atoms with Crippen LogP contribution in [0.4, 0.5) is 5.69 Å². The highest BCUT2D eigenvalue weighted by atomic mass is 35.5. The number of halogens is 1. The summed E-state index contributed by atoms with van der Waals surface area (Å²) in [5, 5.41) is 7.34. The lowest BCUT2D eigenvalue weighted by Crippen LogP contribution is -2.25. The first-order valence-corrected chi connectivity index (χ1v) is 8.65. The Labute approximate surface area is 163 Å². The molecule has 27 heavy (non-hydrogen) atoms. The molecule has 2 N–H and O–H groups in total. The number of anilines is 1. The summed E-state index contributed by atoms with van der Waals surface area (Å²) in [5.74, 6) is 1.44. The molecule has 0 bridgehead atoms. The predicted molar refractivity (Wildman–Crippen MR) is 106 cm³/mol. The van der Waals surface area contributed by atoms with Crippen LogP contribution >= 0.6 is 11.6 Å². The average Bonchev–Trinajstić information content (AvgIpc) is 2.68. The third-order valence-corrected chi connectivity index (χ3v) is 3.77. The number of amides is 1. The van der Waals surface area contributed by atoms with Crippen molar-refractivity contribution < 1.29 is 19.0 Å². The van der Waals surface area contributed by atoms with Gasteiger partial charge >= 0.3 is 0 Å². The van der Waals surface area contributed by atoms with E-state index in [-0.39, 0.29) is 12.5 Å². The molecular weight excluding hydrogens is 370 g/mol. The average molecular weight is 392 g/mol. The predicted octanol–water partition coefficient (Wildman–Crippen LogP) is 3.32. The Kier molecular flexibility index (Phi) is 7.76. The molecule has 1 amide bonds. The van der Waals surface area contributed by atoms with Gasteiger partial charge in [-0.15, -0.1) is 0 Å². The van der Waals surface area contributed by atoms with Gasteiger partial charge in [-0.2, -0.15) is 5.10 Å². The maximum Gasteiger partial charge on any atom is 0.259 e. The number of nitrogens with one attached hydrogen (secondary N) is 2. The first kappa shape index (κ1) is 20.4. The Balaban J connectivity index is 1.90. The smallest absolute Gasteiger partial charge is 0.259 e. The van der Waals surface area contributed by atoms with Crippen molar-refractivity contribution in [2.75, 3.05) is 32.7 Å². The van der Waals surface area contributed by atoms with E-state index >= 15 is 0 Å². The molecule has 0 radical (unpaired) electrons. The number of hydrogen-bond donors (Lipinski definition) is 2. The molecule has 0 saturated heterocycles. The fraction of sp³-hybridized carbons (Fsp3) is 0.263. The minimum Gasteiger partial charge on any atom is -0.497 e. The topological polar surface area (TPSA) is 81.2 Å². The zero-order valence-corrected chi connectivity index (χ0v) is 16.2. The normalized spacial score (nSPS) is 10.5. The standard InChI is InChI=1S/C19H22ClN3O4/c1-4-27-19-16(20)9-13(10-17(19)26-3)11-22-23-18(24)12-21-14-5-7-15(25-2)8-6-14/h5-11,21H,4,12H2,1-3H3,(H,23,24)/b22-11-. The summed E-state index contributed by atoms with van der Waals surface area (Å²) in [6.07, 6.45) is 1.48. The highest BCUT2D eigenvalue weighted by Gasteiger charge is 2.10. The van der Waals surface area contributed by atoms with Gasteiger partial charge < -0.3 is 19.5 Å². The highest BCUT2D eigenvalue weighted by molar-refractivity contribution is 6.32. The molecule has 7 nitrogen and oxygen atoms in total. The largest absolute Gasteiger partial charge is 0.497 e. The number of hydrogen-bond acceptors (Lipinski definition) is 6. The Morgan fingerprint density at radius 1 is 1.19 bits per heavy atom. The molecular formula is C19H22ClN3O4. The summed E-state index contributed by atoms with van der Waals surface area (Å²) in [6.45, 7) is 2.42. The van der Waals surface area contributed by atoms with Crippen LogP contribution in [0.5, 0.6) is 17.2 Å². The monoisotopic (exact) mass is 391 g/mol. The minimum absolute atomic E-state index is 0.0804. The summed E-state index contributed by atoms with van der Waals surface area (Å²) in [4.78, 5) is 11.9. The van der Waals surface area contributed by atoms with Crippen LogP contribution in [0, 0.1) is 0 Å². The highest BCUT2D eigenvalue weighted by Crippen LogP contribution is 2.35. The quantitative estimate of drug-likeness (QED) is 0.506. The molecule has 0 atom stereocenters. The lowest BCUT2D eigenvalue weighted by Gasteiger charge is -2.11. The van der Waals surface area contributed by atoms with E-state index in [9.17, 15) is 4.79 Å². The van der Waals surface area contributed by atoms with E-state index in [1.54, 1.807) is 31.4 Å². The van der Waals surface area contributed by atoms with Gasteiger partial charge in [0.25, 0.3) is 5.91 Å². The Bertz CT molecular complexity index is 794. The fourth-order valence-corrected chi connectivity index (χ4v) is 2.48. The molecule has 8 heteroatoms. The molecule has 0 aliphatic carbocycles. The van der Waals surface area contributed by atoms with E-state index in [0.717, 1.165) is 11.4 Å². The van der Waals surface area contributed by atoms with Gasteiger partial charge in [0.2, 0.25) is 0 Å². The van der Waals surface area contributed by atoms with Crippen LogP contribution in [0.1, 0.15) is 12.5 Å². The van der Waals surface area contributed by atoms with Crippen molar-refractivity contribution in [1.29, 1.82) is 0 Å². The molecule has 2 aromatic carbocycles. The molecule has 0 aliphatic heterocycles. The van der Waals surface area contributed by atoms with Crippen LogP contribution in [-0.4, -0.2) is 39.5 Å². The maximum atomic E-state index is 11.9. The van der Waals surface area contributed by atoms with Gasteiger partial charge in [-0.05, 0) is 48.9 Å².